The van der Waals surface area contributed by atoms with Gasteiger partial charge >= 0.3 is 0 Å². The molecule has 1 aliphatic carbocycles. The zero-order chi connectivity index (χ0) is 16.4. The van der Waals surface area contributed by atoms with E-state index in [-0.39, 0.29) is 17.2 Å². The maximum absolute atomic E-state index is 12.7. The van der Waals surface area contributed by atoms with E-state index >= 15 is 0 Å². The molecule has 1 aromatic heterocycles. The van der Waals surface area contributed by atoms with Crippen molar-refractivity contribution >= 4 is 10.0 Å². The molecule has 130 valence electrons. The third-order valence-electron chi connectivity index (χ3n) is 4.69. The van der Waals surface area contributed by atoms with Crippen LogP contribution < -0.4 is 4.72 Å². The summed E-state index contributed by atoms with van der Waals surface area (Å²) in [6.45, 7) is 3.41. The van der Waals surface area contributed by atoms with E-state index in [0.29, 0.717) is 37.7 Å². The first-order valence-corrected chi connectivity index (χ1v) is 9.66. The lowest BCUT2D eigenvalue weighted by Crippen LogP contribution is -2.50. The summed E-state index contributed by atoms with van der Waals surface area (Å²) < 4.78 is 41.0. The highest BCUT2D eigenvalue weighted by Gasteiger charge is 2.33. The van der Waals surface area contributed by atoms with Gasteiger partial charge in [-0.25, -0.2) is 13.1 Å². The number of ether oxygens (including phenoxy) is 2. The van der Waals surface area contributed by atoms with Crippen LogP contribution in [-0.4, -0.2) is 50.2 Å². The van der Waals surface area contributed by atoms with Gasteiger partial charge in [0, 0.05) is 25.8 Å². The monoisotopic (exact) mass is 343 g/mol. The fourth-order valence-corrected chi connectivity index (χ4v) is 4.76. The van der Waals surface area contributed by atoms with Crippen molar-refractivity contribution in [3.05, 3.63) is 11.8 Å². The van der Waals surface area contributed by atoms with E-state index in [9.17, 15) is 8.42 Å². The van der Waals surface area contributed by atoms with E-state index in [1.165, 1.54) is 23.9 Å². The van der Waals surface area contributed by atoms with Crippen molar-refractivity contribution < 1.29 is 17.9 Å². The minimum Gasteiger partial charge on any atom is -0.379 e. The third-order valence-corrected chi connectivity index (χ3v) is 6.40. The van der Waals surface area contributed by atoms with Gasteiger partial charge in [-0.2, -0.15) is 5.10 Å². The van der Waals surface area contributed by atoms with Gasteiger partial charge < -0.3 is 9.47 Å². The number of hydrogen-bond donors (Lipinski definition) is 1. The Morgan fingerprint density at radius 3 is 2.83 bits per heavy atom. The number of aryl methyl sites for hydroxylation is 2. The van der Waals surface area contributed by atoms with Gasteiger partial charge in [0.25, 0.3) is 10.0 Å². The smallest absolute Gasteiger partial charge is 0.258 e. The molecule has 1 saturated heterocycles. The van der Waals surface area contributed by atoms with Crippen LogP contribution in [0.1, 0.15) is 31.2 Å². The normalized spacial score (nSPS) is 26.2. The number of aromatic nitrogens is 2. The number of hydrogen-bond acceptors (Lipinski definition) is 5. The summed E-state index contributed by atoms with van der Waals surface area (Å²) in [5.74, 6) is 0.619. The summed E-state index contributed by atoms with van der Waals surface area (Å²) in [7, 11) is -1.99. The summed E-state index contributed by atoms with van der Waals surface area (Å²) in [5.41, 5.74) is 0.638. The second-order valence-electron chi connectivity index (χ2n) is 6.52. The highest BCUT2D eigenvalue weighted by Crippen LogP contribution is 2.27. The molecule has 1 saturated carbocycles. The number of nitrogens with one attached hydrogen (secondary N) is 1. The van der Waals surface area contributed by atoms with Crippen LogP contribution in [0.5, 0.6) is 0 Å². The molecule has 2 heterocycles. The van der Waals surface area contributed by atoms with Gasteiger partial charge in [0.05, 0.1) is 24.9 Å². The first-order chi connectivity index (χ1) is 11.0. The average molecular weight is 343 g/mol. The topological polar surface area (TPSA) is 82.5 Å². The predicted molar refractivity (Wildman–Crippen MR) is 84.6 cm³/mol. The van der Waals surface area contributed by atoms with Crippen molar-refractivity contribution in [1.29, 1.82) is 0 Å². The number of sulfonamides is 1. The van der Waals surface area contributed by atoms with Crippen LogP contribution in [-0.2, 0) is 26.5 Å². The van der Waals surface area contributed by atoms with Crippen LogP contribution >= 0.6 is 0 Å². The van der Waals surface area contributed by atoms with E-state index < -0.39 is 10.0 Å². The molecule has 0 bridgehead atoms. The number of rotatable bonds is 6. The Bertz CT molecular complexity index is 620. The van der Waals surface area contributed by atoms with Gasteiger partial charge in [0.2, 0.25) is 0 Å². The molecule has 23 heavy (non-hydrogen) atoms. The van der Waals surface area contributed by atoms with Crippen LogP contribution in [0.2, 0.25) is 0 Å². The predicted octanol–water partition coefficient (Wildman–Crippen LogP) is 0.981. The molecule has 0 radical (unpaired) electrons. The minimum absolute atomic E-state index is 0.210. The summed E-state index contributed by atoms with van der Waals surface area (Å²) in [6, 6.07) is -0.261. The fourth-order valence-electron chi connectivity index (χ4n) is 3.11. The first kappa shape index (κ1) is 16.9. The second kappa shape index (κ2) is 6.88. The lowest BCUT2D eigenvalue weighted by atomic mass is 9.86. The Labute approximate surface area is 137 Å². The summed E-state index contributed by atoms with van der Waals surface area (Å²) in [5, 5.41) is 4.22. The average Bonchev–Trinajstić information content (AvgIpc) is 2.78. The van der Waals surface area contributed by atoms with Crippen LogP contribution in [0, 0.1) is 12.8 Å². The fraction of sp³-hybridized carbons (Fsp3) is 0.800. The highest BCUT2D eigenvalue weighted by atomic mass is 32.2. The summed E-state index contributed by atoms with van der Waals surface area (Å²) >= 11 is 0. The molecule has 2 atom stereocenters. The van der Waals surface area contributed by atoms with E-state index in [1.807, 2.05) is 0 Å². The Balaban J connectivity index is 1.68. The molecular weight excluding hydrogens is 318 g/mol. The Kier molecular flexibility index (Phi) is 5.05. The van der Waals surface area contributed by atoms with E-state index in [4.69, 9.17) is 9.47 Å². The summed E-state index contributed by atoms with van der Waals surface area (Å²) in [4.78, 5) is 0. The molecule has 7 nitrogen and oxygen atoms in total. The second-order valence-corrected chi connectivity index (χ2v) is 8.15. The van der Waals surface area contributed by atoms with Crippen LogP contribution in [0.3, 0.4) is 0 Å². The molecule has 3 rings (SSSR count). The van der Waals surface area contributed by atoms with E-state index in [1.54, 1.807) is 20.2 Å². The van der Waals surface area contributed by atoms with Crippen molar-refractivity contribution in [2.75, 3.05) is 19.8 Å². The minimum atomic E-state index is -3.63. The van der Waals surface area contributed by atoms with Crippen molar-refractivity contribution in [3.8, 4) is 0 Å². The van der Waals surface area contributed by atoms with Crippen molar-refractivity contribution in [3.63, 3.8) is 0 Å². The quantitative estimate of drug-likeness (QED) is 0.833. The molecule has 1 N–H and O–H groups in total. The molecule has 8 heteroatoms. The Morgan fingerprint density at radius 1 is 1.43 bits per heavy atom. The van der Waals surface area contributed by atoms with Gasteiger partial charge in [-0.15, -0.1) is 0 Å². The molecular formula is C15H25N3O4S. The SMILES string of the molecule is Cc1cnn(C)c1S(=O)(=O)N[C@@H]1CCOC[C@H]1OCC1CCC1. The van der Waals surface area contributed by atoms with Gasteiger partial charge in [0.1, 0.15) is 0 Å². The van der Waals surface area contributed by atoms with Crippen LogP contribution in [0.15, 0.2) is 11.2 Å². The lowest BCUT2D eigenvalue weighted by Gasteiger charge is -2.34. The third kappa shape index (κ3) is 3.76. The van der Waals surface area contributed by atoms with E-state index in [2.05, 4.69) is 9.82 Å². The zero-order valence-electron chi connectivity index (χ0n) is 13.7. The van der Waals surface area contributed by atoms with Gasteiger partial charge in [-0.1, -0.05) is 6.42 Å². The molecule has 2 aliphatic rings. The molecule has 0 unspecified atom stereocenters. The van der Waals surface area contributed by atoms with E-state index in [0.717, 1.165) is 0 Å². The van der Waals surface area contributed by atoms with Crippen LogP contribution in [0.25, 0.3) is 0 Å². The lowest BCUT2D eigenvalue weighted by molar-refractivity contribution is -0.0797. The van der Waals surface area contributed by atoms with Gasteiger partial charge in [-0.3, -0.25) is 4.68 Å². The summed E-state index contributed by atoms with van der Waals surface area (Å²) in [6.07, 6.45) is 5.63. The Morgan fingerprint density at radius 2 is 2.22 bits per heavy atom. The maximum Gasteiger partial charge on any atom is 0.258 e. The molecule has 0 spiro atoms. The zero-order valence-corrected chi connectivity index (χ0v) is 14.5. The molecule has 1 aromatic rings. The van der Waals surface area contributed by atoms with Crippen LogP contribution in [0.4, 0.5) is 0 Å². The van der Waals surface area contributed by atoms with Crippen molar-refractivity contribution in [2.24, 2.45) is 13.0 Å². The number of nitrogens with zero attached hydrogens (tertiary/aromatic N) is 2. The molecule has 0 amide bonds. The van der Waals surface area contributed by atoms with Crippen molar-refractivity contribution in [1.82, 2.24) is 14.5 Å². The standard InChI is InChI=1S/C15H25N3O4S/c1-11-8-16-18(2)15(11)23(19,20)17-13-6-7-21-10-14(13)22-9-12-4-3-5-12/h8,12-14,17H,3-7,9-10H2,1-2H3/t13-,14-/m1/s1. The Hall–Kier alpha value is -0.960. The molecule has 1 aliphatic heterocycles. The largest absolute Gasteiger partial charge is 0.379 e. The van der Waals surface area contributed by atoms with Gasteiger partial charge in [0.15, 0.2) is 5.03 Å². The molecule has 2 fully saturated rings. The maximum atomic E-state index is 12.7. The van der Waals surface area contributed by atoms with Crippen molar-refractivity contribution in [2.45, 2.75) is 49.8 Å². The van der Waals surface area contributed by atoms with Gasteiger partial charge in [-0.05, 0) is 32.1 Å². The first-order valence-electron chi connectivity index (χ1n) is 8.17. The highest BCUT2D eigenvalue weighted by molar-refractivity contribution is 7.89. The molecule has 0 aromatic carbocycles.